The van der Waals surface area contributed by atoms with Gasteiger partial charge in [0.25, 0.3) is 0 Å². The normalized spacial score (nSPS) is 11.5. The third-order valence-electron chi connectivity index (χ3n) is 5.15. The Morgan fingerprint density at radius 3 is 2.54 bits per heavy atom. The number of benzene rings is 1. The molecule has 4 rings (SSSR count). The Balaban J connectivity index is 1.76. The van der Waals surface area contributed by atoms with Crippen molar-refractivity contribution in [3.05, 3.63) is 55.6 Å². The Morgan fingerprint density at radius 1 is 1.11 bits per heavy atom. The van der Waals surface area contributed by atoms with Crippen LogP contribution in [0.3, 0.4) is 0 Å². The van der Waals surface area contributed by atoms with Crippen LogP contribution in [0.2, 0.25) is 0 Å². The van der Waals surface area contributed by atoms with Gasteiger partial charge in [-0.25, -0.2) is 9.78 Å². The highest BCUT2D eigenvalue weighted by Gasteiger charge is 2.19. The number of nitrogens with one attached hydrogen (secondary N) is 1. The van der Waals surface area contributed by atoms with Crippen LogP contribution in [0.4, 0.5) is 5.13 Å². The second-order valence-corrected chi connectivity index (χ2v) is 8.26. The number of furan rings is 1. The van der Waals surface area contributed by atoms with Crippen LogP contribution < -0.4 is 10.9 Å². The average Bonchev–Trinajstić information content (AvgIpc) is 3.15. The molecule has 1 aromatic carbocycles. The number of hydrogen-bond acceptors (Lipinski definition) is 6. The molecule has 4 aromatic rings. The lowest BCUT2D eigenvalue weighted by atomic mass is 9.99. The first kappa shape index (κ1) is 18.4. The molecule has 1 N–H and O–H groups in total. The number of fused-ring (bicyclic) bond motifs is 2. The number of carbonyl (C=O) groups excluding carboxylic acids is 1. The Bertz CT molecular complexity index is 1290. The van der Waals surface area contributed by atoms with Gasteiger partial charge >= 0.3 is 5.63 Å². The number of aromatic nitrogens is 1. The lowest BCUT2D eigenvalue weighted by molar-refractivity contribution is -0.115. The molecule has 0 saturated carbocycles. The Kier molecular flexibility index (Phi) is 4.34. The van der Waals surface area contributed by atoms with E-state index >= 15 is 0 Å². The highest BCUT2D eigenvalue weighted by Crippen LogP contribution is 2.32. The zero-order chi connectivity index (χ0) is 20.2. The molecule has 0 radical (unpaired) electrons. The summed E-state index contributed by atoms with van der Waals surface area (Å²) in [5, 5.41) is 5.11. The van der Waals surface area contributed by atoms with Crippen molar-refractivity contribution in [1.82, 2.24) is 4.98 Å². The zero-order valence-electron chi connectivity index (χ0n) is 16.4. The number of carbonyl (C=O) groups is 1. The summed E-state index contributed by atoms with van der Waals surface area (Å²) in [4.78, 5) is 30.5. The molecular weight excluding hydrogens is 376 g/mol. The van der Waals surface area contributed by atoms with E-state index in [1.807, 2.05) is 40.7 Å². The SMILES string of the molecule is Cc1nc(NC(=O)Cc2c(C)c3cc4c(C)coc4c(C)c3oc2=O)sc1C. The van der Waals surface area contributed by atoms with E-state index in [1.54, 1.807) is 6.26 Å². The van der Waals surface area contributed by atoms with E-state index in [4.69, 9.17) is 8.83 Å². The third-order valence-corrected chi connectivity index (χ3v) is 6.14. The third kappa shape index (κ3) is 2.92. The number of amides is 1. The van der Waals surface area contributed by atoms with Crippen molar-refractivity contribution >= 4 is 44.3 Å². The number of anilines is 1. The van der Waals surface area contributed by atoms with Crippen molar-refractivity contribution in [2.24, 2.45) is 0 Å². The van der Waals surface area contributed by atoms with E-state index in [0.717, 1.165) is 38.0 Å². The maximum atomic E-state index is 12.6. The number of nitrogens with zero attached hydrogens (tertiary/aromatic N) is 1. The summed E-state index contributed by atoms with van der Waals surface area (Å²) in [6, 6.07) is 1.96. The predicted molar refractivity (Wildman–Crippen MR) is 110 cm³/mol. The second kappa shape index (κ2) is 6.60. The van der Waals surface area contributed by atoms with Gasteiger partial charge in [0.05, 0.1) is 23.9 Å². The van der Waals surface area contributed by atoms with E-state index in [9.17, 15) is 9.59 Å². The molecule has 0 fully saturated rings. The van der Waals surface area contributed by atoms with Gasteiger partial charge in [-0.1, -0.05) is 0 Å². The monoisotopic (exact) mass is 396 g/mol. The quantitative estimate of drug-likeness (QED) is 0.507. The maximum Gasteiger partial charge on any atom is 0.340 e. The molecule has 0 aliphatic heterocycles. The number of rotatable bonds is 3. The lowest BCUT2D eigenvalue weighted by Gasteiger charge is -2.10. The Hall–Kier alpha value is -2.93. The van der Waals surface area contributed by atoms with Gasteiger partial charge in [0.2, 0.25) is 5.91 Å². The smallest absolute Gasteiger partial charge is 0.340 e. The van der Waals surface area contributed by atoms with Gasteiger partial charge in [-0.15, -0.1) is 11.3 Å². The molecule has 7 heteroatoms. The summed E-state index contributed by atoms with van der Waals surface area (Å²) < 4.78 is 11.2. The van der Waals surface area contributed by atoms with Crippen molar-refractivity contribution in [3.63, 3.8) is 0 Å². The molecule has 0 bridgehead atoms. The Labute approximate surface area is 165 Å². The van der Waals surface area contributed by atoms with Crippen LogP contribution in [-0.4, -0.2) is 10.9 Å². The molecule has 0 atom stereocenters. The van der Waals surface area contributed by atoms with Gasteiger partial charge in [0, 0.05) is 21.2 Å². The summed E-state index contributed by atoms with van der Waals surface area (Å²) in [5.41, 5.74) is 4.50. The summed E-state index contributed by atoms with van der Waals surface area (Å²) in [6.45, 7) is 9.53. The van der Waals surface area contributed by atoms with Crippen molar-refractivity contribution in [3.8, 4) is 0 Å². The molecule has 3 aromatic heterocycles. The second-order valence-electron chi connectivity index (χ2n) is 7.05. The molecule has 3 heterocycles. The van der Waals surface area contributed by atoms with Crippen LogP contribution in [0.5, 0.6) is 0 Å². The molecule has 0 aliphatic rings. The van der Waals surface area contributed by atoms with Crippen LogP contribution in [-0.2, 0) is 11.2 Å². The molecule has 144 valence electrons. The minimum Gasteiger partial charge on any atom is -0.464 e. The topological polar surface area (TPSA) is 85.3 Å². The molecule has 0 aliphatic carbocycles. The van der Waals surface area contributed by atoms with Gasteiger partial charge in [-0.3, -0.25) is 4.79 Å². The predicted octanol–water partition coefficient (Wildman–Crippen LogP) is 4.72. The van der Waals surface area contributed by atoms with Crippen molar-refractivity contribution in [2.45, 2.75) is 41.0 Å². The fraction of sp³-hybridized carbons (Fsp3) is 0.286. The average molecular weight is 396 g/mol. The molecule has 28 heavy (non-hydrogen) atoms. The Morgan fingerprint density at radius 2 is 1.86 bits per heavy atom. The first-order valence-corrected chi connectivity index (χ1v) is 9.75. The minimum atomic E-state index is -0.502. The fourth-order valence-electron chi connectivity index (χ4n) is 3.37. The van der Waals surface area contributed by atoms with Crippen LogP contribution >= 0.6 is 11.3 Å². The molecule has 0 unspecified atom stereocenters. The van der Waals surface area contributed by atoms with Crippen molar-refractivity contribution in [1.29, 1.82) is 0 Å². The van der Waals surface area contributed by atoms with Crippen molar-refractivity contribution in [2.75, 3.05) is 5.32 Å². The van der Waals surface area contributed by atoms with Crippen molar-refractivity contribution < 1.29 is 13.6 Å². The van der Waals surface area contributed by atoms with Gasteiger partial charge in [0.1, 0.15) is 11.2 Å². The lowest BCUT2D eigenvalue weighted by Crippen LogP contribution is -2.20. The standard InChI is InChI=1S/C21H20N2O4S/c1-9-8-26-18-11(3)19-15(6-14(9)18)10(2)16(20(25)27-19)7-17(24)23-21-22-12(4)13(5)28-21/h6,8H,7H2,1-5H3,(H,22,23,24). The summed E-state index contributed by atoms with van der Waals surface area (Å²) in [7, 11) is 0. The number of thiazole rings is 1. The van der Waals surface area contributed by atoms with E-state index < -0.39 is 5.63 Å². The van der Waals surface area contributed by atoms with E-state index in [0.29, 0.717) is 21.9 Å². The summed E-state index contributed by atoms with van der Waals surface area (Å²) in [5.74, 6) is -0.291. The summed E-state index contributed by atoms with van der Waals surface area (Å²) in [6.07, 6.45) is 1.62. The molecule has 6 nitrogen and oxygen atoms in total. The number of aryl methyl sites for hydroxylation is 5. The maximum absolute atomic E-state index is 12.6. The van der Waals surface area contributed by atoms with Crippen LogP contribution in [0.25, 0.3) is 21.9 Å². The van der Waals surface area contributed by atoms with E-state index in [-0.39, 0.29) is 12.3 Å². The van der Waals surface area contributed by atoms with Crippen LogP contribution in [0.1, 0.15) is 32.8 Å². The summed E-state index contributed by atoms with van der Waals surface area (Å²) >= 11 is 1.42. The first-order chi connectivity index (χ1) is 13.3. The van der Waals surface area contributed by atoms with Gasteiger partial charge in [0.15, 0.2) is 5.13 Å². The highest BCUT2D eigenvalue weighted by atomic mass is 32.1. The van der Waals surface area contributed by atoms with Gasteiger partial charge in [-0.2, -0.15) is 0 Å². The van der Waals surface area contributed by atoms with Gasteiger partial charge in [-0.05, 0) is 51.8 Å². The van der Waals surface area contributed by atoms with E-state index in [2.05, 4.69) is 10.3 Å². The minimum absolute atomic E-state index is 0.0662. The van der Waals surface area contributed by atoms with E-state index in [1.165, 1.54) is 11.3 Å². The molecule has 1 amide bonds. The van der Waals surface area contributed by atoms with Crippen LogP contribution in [0, 0.1) is 34.6 Å². The van der Waals surface area contributed by atoms with Gasteiger partial charge < -0.3 is 14.2 Å². The molecule has 0 saturated heterocycles. The molecular formula is C21H20N2O4S. The zero-order valence-corrected chi connectivity index (χ0v) is 17.2. The molecule has 0 spiro atoms. The largest absolute Gasteiger partial charge is 0.464 e. The fourth-order valence-corrected chi connectivity index (χ4v) is 4.20. The first-order valence-electron chi connectivity index (χ1n) is 8.93. The highest BCUT2D eigenvalue weighted by molar-refractivity contribution is 7.15. The number of hydrogen-bond donors (Lipinski definition) is 1. The van der Waals surface area contributed by atoms with Crippen LogP contribution in [0.15, 0.2) is 26.0 Å².